The molecule has 0 atom stereocenters. The van der Waals surface area contributed by atoms with Crippen LogP contribution in [0.2, 0.25) is 5.02 Å². The van der Waals surface area contributed by atoms with Gasteiger partial charge in [-0.2, -0.15) is 0 Å². The van der Waals surface area contributed by atoms with Crippen LogP contribution in [0.15, 0.2) is 48.5 Å². The molecule has 0 bridgehead atoms. The van der Waals surface area contributed by atoms with Crippen molar-refractivity contribution in [2.24, 2.45) is 5.92 Å². The molecule has 2 aromatic rings. The van der Waals surface area contributed by atoms with E-state index < -0.39 is 5.97 Å². The number of hydrogen-bond donors (Lipinski definition) is 1. The fourth-order valence-electron chi connectivity index (χ4n) is 3.34. The molecule has 2 aromatic carbocycles. The molecule has 1 amide bonds. The molecule has 27 heavy (non-hydrogen) atoms. The summed E-state index contributed by atoms with van der Waals surface area (Å²) in [6.07, 6.45) is 1.55. The number of likely N-dealkylation sites (tertiary alicyclic amines) is 1. The number of methoxy groups -OCH3 is 1. The van der Waals surface area contributed by atoms with Crippen molar-refractivity contribution < 1.29 is 14.3 Å². The molecule has 1 aliphatic heterocycles. The average Bonchev–Trinajstić information content (AvgIpc) is 2.70. The number of carbonyl (C=O) groups excluding carboxylic acids is 2. The summed E-state index contributed by atoms with van der Waals surface area (Å²) >= 11 is 6.24. The van der Waals surface area contributed by atoms with Gasteiger partial charge >= 0.3 is 5.97 Å². The van der Waals surface area contributed by atoms with E-state index in [2.05, 4.69) is 10.2 Å². The molecule has 0 aliphatic carbocycles. The van der Waals surface area contributed by atoms with Gasteiger partial charge in [-0.25, -0.2) is 4.79 Å². The molecule has 5 nitrogen and oxygen atoms in total. The van der Waals surface area contributed by atoms with Crippen molar-refractivity contribution >= 4 is 29.2 Å². The van der Waals surface area contributed by atoms with Gasteiger partial charge in [-0.3, -0.25) is 9.69 Å². The van der Waals surface area contributed by atoms with Gasteiger partial charge in [-0.15, -0.1) is 0 Å². The van der Waals surface area contributed by atoms with Crippen molar-refractivity contribution in [1.29, 1.82) is 0 Å². The largest absolute Gasteiger partial charge is 0.465 e. The van der Waals surface area contributed by atoms with E-state index in [1.807, 2.05) is 24.3 Å². The van der Waals surface area contributed by atoms with Gasteiger partial charge in [0.15, 0.2) is 0 Å². The Balaban J connectivity index is 1.56. The highest BCUT2D eigenvalue weighted by molar-refractivity contribution is 6.31. The van der Waals surface area contributed by atoms with Crippen LogP contribution in [0.4, 0.5) is 5.69 Å². The smallest absolute Gasteiger partial charge is 0.339 e. The Morgan fingerprint density at radius 1 is 1.11 bits per heavy atom. The first-order valence-corrected chi connectivity index (χ1v) is 9.40. The lowest BCUT2D eigenvalue weighted by Crippen LogP contribution is -2.38. The summed E-state index contributed by atoms with van der Waals surface area (Å²) in [6.45, 7) is 2.46. The van der Waals surface area contributed by atoms with Crippen molar-refractivity contribution in [1.82, 2.24) is 4.90 Å². The lowest BCUT2D eigenvalue weighted by molar-refractivity contribution is -0.121. The Hall–Kier alpha value is -2.37. The van der Waals surface area contributed by atoms with Gasteiger partial charge in [-0.05, 0) is 49.7 Å². The molecule has 6 heteroatoms. The number of esters is 1. The van der Waals surface area contributed by atoms with Crippen molar-refractivity contribution in [2.75, 3.05) is 25.5 Å². The van der Waals surface area contributed by atoms with Gasteiger partial charge in [0.25, 0.3) is 0 Å². The van der Waals surface area contributed by atoms with Crippen LogP contribution in [-0.2, 0) is 16.1 Å². The van der Waals surface area contributed by atoms with E-state index in [4.69, 9.17) is 16.3 Å². The maximum absolute atomic E-state index is 12.6. The summed E-state index contributed by atoms with van der Waals surface area (Å²) in [5, 5.41) is 3.66. The second kappa shape index (κ2) is 9.02. The minimum Gasteiger partial charge on any atom is -0.465 e. The molecular formula is C21H23ClN2O3. The van der Waals surface area contributed by atoms with Gasteiger partial charge < -0.3 is 10.1 Å². The number of piperidine rings is 1. The fourth-order valence-corrected chi connectivity index (χ4v) is 3.53. The van der Waals surface area contributed by atoms with E-state index in [1.54, 1.807) is 24.3 Å². The van der Waals surface area contributed by atoms with Crippen LogP contribution in [0.3, 0.4) is 0 Å². The maximum Gasteiger partial charge on any atom is 0.339 e. The SMILES string of the molecule is COC(=O)c1ccccc1NC(=O)C1CCN(Cc2ccccc2Cl)CC1. The molecule has 142 valence electrons. The highest BCUT2D eigenvalue weighted by Gasteiger charge is 2.26. The Kier molecular flexibility index (Phi) is 6.48. The second-order valence-electron chi connectivity index (χ2n) is 6.67. The molecule has 0 saturated carbocycles. The van der Waals surface area contributed by atoms with E-state index in [-0.39, 0.29) is 11.8 Å². The van der Waals surface area contributed by atoms with Gasteiger partial charge in [0.1, 0.15) is 0 Å². The molecule has 3 rings (SSSR count). The first-order chi connectivity index (χ1) is 13.1. The van der Waals surface area contributed by atoms with Crippen LogP contribution in [0.25, 0.3) is 0 Å². The van der Waals surface area contributed by atoms with Crippen LogP contribution in [0.5, 0.6) is 0 Å². The predicted octanol–water partition coefficient (Wildman–Crippen LogP) is 3.98. The number of ether oxygens (including phenoxy) is 1. The number of nitrogens with one attached hydrogen (secondary N) is 1. The zero-order chi connectivity index (χ0) is 19.2. The number of carbonyl (C=O) groups is 2. The summed E-state index contributed by atoms with van der Waals surface area (Å²) in [6, 6.07) is 14.7. The van der Waals surface area contributed by atoms with E-state index >= 15 is 0 Å². The third-order valence-electron chi connectivity index (χ3n) is 4.90. The molecular weight excluding hydrogens is 364 g/mol. The summed E-state index contributed by atoms with van der Waals surface area (Å²) in [5.41, 5.74) is 1.96. The third-order valence-corrected chi connectivity index (χ3v) is 5.27. The van der Waals surface area contributed by atoms with E-state index in [0.29, 0.717) is 11.3 Å². The van der Waals surface area contributed by atoms with Gasteiger partial charge in [0.2, 0.25) is 5.91 Å². The summed E-state index contributed by atoms with van der Waals surface area (Å²) in [4.78, 5) is 26.8. The normalized spacial score (nSPS) is 15.3. The Morgan fingerprint density at radius 3 is 2.48 bits per heavy atom. The lowest BCUT2D eigenvalue weighted by Gasteiger charge is -2.31. The highest BCUT2D eigenvalue weighted by atomic mass is 35.5. The number of nitrogens with zero attached hydrogens (tertiary/aromatic N) is 1. The minimum atomic E-state index is -0.458. The van der Waals surface area contributed by atoms with Crippen LogP contribution < -0.4 is 5.32 Å². The molecule has 1 heterocycles. The van der Waals surface area contributed by atoms with E-state index in [1.165, 1.54) is 7.11 Å². The minimum absolute atomic E-state index is 0.0521. The highest BCUT2D eigenvalue weighted by Crippen LogP contribution is 2.24. The zero-order valence-corrected chi connectivity index (χ0v) is 16.0. The molecule has 1 fully saturated rings. The van der Waals surface area contributed by atoms with Crippen molar-refractivity contribution in [3.63, 3.8) is 0 Å². The van der Waals surface area contributed by atoms with Crippen molar-refractivity contribution in [3.05, 3.63) is 64.7 Å². The lowest BCUT2D eigenvalue weighted by atomic mass is 9.95. The number of benzene rings is 2. The average molecular weight is 387 g/mol. The van der Waals surface area contributed by atoms with Crippen molar-refractivity contribution in [2.45, 2.75) is 19.4 Å². The monoisotopic (exact) mass is 386 g/mol. The quantitative estimate of drug-likeness (QED) is 0.790. The fraction of sp³-hybridized carbons (Fsp3) is 0.333. The molecule has 0 aromatic heterocycles. The number of para-hydroxylation sites is 1. The Labute approximate surface area is 164 Å². The standard InChI is InChI=1S/C21H23ClN2O3/c1-27-21(26)17-7-3-5-9-19(17)23-20(25)15-10-12-24(13-11-15)14-16-6-2-4-8-18(16)22/h2-9,15H,10-14H2,1H3,(H,23,25). The van der Waals surface area contributed by atoms with Crippen LogP contribution in [-0.4, -0.2) is 37.0 Å². The molecule has 0 radical (unpaired) electrons. The molecule has 0 unspecified atom stereocenters. The van der Waals surface area contributed by atoms with Gasteiger partial charge in [-0.1, -0.05) is 41.9 Å². The molecule has 0 spiro atoms. The summed E-state index contributed by atoms with van der Waals surface area (Å²) < 4.78 is 4.78. The number of hydrogen-bond acceptors (Lipinski definition) is 4. The summed E-state index contributed by atoms with van der Waals surface area (Å²) in [5.74, 6) is -0.581. The topological polar surface area (TPSA) is 58.6 Å². The van der Waals surface area contributed by atoms with Gasteiger partial charge in [0, 0.05) is 17.5 Å². The molecule has 1 aliphatic rings. The maximum atomic E-state index is 12.6. The van der Waals surface area contributed by atoms with Crippen LogP contribution in [0, 0.1) is 5.92 Å². The zero-order valence-electron chi connectivity index (χ0n) is 15.3. The van der Waals surface area contributed by atoms with Gasteiger partial charge in [0.05, 0.1) is 18.4 Å². The number of halogens is 1. The third kappa shape index (κ3) is 4.87. The molecule has 1 N–H and O–H groups in total. The second-order valence-corrected chi connectivity index (χ2v) is 7.08. The first kappa shape index (κ1) is 19.4. The molecule has 1 saturated heterocycles. The van der Waals surface area contributed by atoms with Crippen LogP contribution in [0.1, 0.15) is 28.8 Å². The Bertz CT molecular complexity index is 817. The first-order valence-electron chi connectivity index (χ1n) is 9.02. The number of anilines is 1. The van der Waals surface area contributed by atoms with Crippen LogP contribution >= 0.6 is 11.6 Å². The van der Waals surface area contributed by atoms with Crippen molar-refractivity contribution in [3.8, 4) is 0 Å². The number of amides is 1. The number of rotatable bonds is 5. The van der Waals surface area contributed by atoms with E-state index in [0.717, 1.165) is 43.1 Å². The summed E-state index contributed by atoms with van der Waals surface area (Å²) in [7, 11) is 1.33. The van der Waals surface area contributed by atoms with E-state index in [9.17, 15) is 9.59 Å². The predicted molar refractivity (Wildman–Crippen MR) is 106 cm³/mol. The Morgan fingerprint density at radius 2 is 1.78 bits per heavy atom.